The number of amides is 1. The van der Waals surface area contributed by atoms with E-state index in [2.05, 4.69) is 9.97 Å². The average molecular weight is 541 g/mol. The fourth-order valence-corrected chi connectivity index (χ4v) is 3.54. The van der Waals surface area contributed by atoms with E-state index < -0.39 is 55.0 Å². The molecule has 186 valence electrons. The van der Waals surface area contributed by atoms with Crippen LogP contribution in [0.2, 0.25) is 5.02 Å². The van der Waals surface area contributed by atoms with Crippen LogP contribution >= 0.6 is 11.6 Å². The number of pyridine rings is 2. The van der Waals surface area contributed by atoms with Gasteiger partial charge in [0.15, 0.2) is 0 Å². The quantitative estimate of drug-likeness (QED) is 0.350. The maximum atomic E-state index is 13.0. The van der Waals surface area contributed by atoms with Gasteiger partial charge in [-0.25, -0.2) is 13.4 Å². The highest BCUT2D eigenvalue weighted by molar-refractivity contribution is 7.89. The van der Waals surface area contributed by atoms with Crippen molar-refractivity contribution in [3.8, 4) is 11.6 Å². The van der Waals surface area contributed by atoms with Crippen LogP contribution in [0.5, 0.6) is 11.6 Å². The number of rotatable bonds is 6. The van der Waals surface area contributed by atoms with Gasteiger partial charge in [-0.05, 0) is 42.5 Å². The van der Waals surface area contributed by atoms with E-state index in [0.717, 1.165) is 36.5 Å². The Bertz CT molecular complexity index is 1350. The second-order valence-electron chi connectivity index (χ2n) is 6.54. The van der Waals surface area contributed by atoms with Crippen molar-refractivity contribution >= 4 is 27.5 Å². The van der Waals surface area contributed by atoms with Gasteiger partial charge >= 0.3 is 12.4 Å². The normalized spacial score (nSPS) is 12.3. The molecule has 3 aromatic rings. The molecule has 0 aliphatic carbocycles. The van der Waals surface area contributed by atoms with Gasteiger partial charge in [-0.15, -0.1) is 4.83 Å². The summed E-state index contributed by atoms with van der Waals surface area (Å²) in [5, 5.41) is -0.450. The van der Waals surface area contributed by atoms with Crippen molar-refractivity contribution in [1.29, 1.82) is 0 Å². The second-order valence-corrected chi connectivity index (χ2v) is 8.63. The molecule has 0 bridgehead atoms. The summed E-state index contributed by atoms with van der Waals surface area (Å²) in [5.74, 6) is -1.88. The van der Waals surface area contributed by atoms with Crippen LogP contribution < -0.4 is 15.0 Å². The topological polar surface area (TPSA) is 110 Å². The molecule has 2 aromatic heterocycles. The fraction of sp³-hybridized carbons (Fsp3) is 0.105. The Balaban J connectivity index is 1.70. The molecule has 0 radical (unpaired) electrons. The summed E-state index contributed by atoms with van der Waals surface area (Å²) < 4.78 is 107. The fourth-order valence-electron chi connectivity index (χ4n) is 2.50. The minimum Gasteiger partial charge on any atom is -0.438 e. The van der Waals surface area contributed by atoms with Crippen LogP contribution in [0, 0.1) is 0 Å². The number of nitrogens with zero attached hydrogens (tertiary/aromatic N) is 2. The molecule has 1 aromatic carbocycles. The molecular formula is C19H11ClF6N4O4S. The molecule has 2 heterocycles. The number of nitrogens with one attached hydrogen (secondary N) is 2. The predicted molar refractivity (Wildman–Crippen MR) is 108 cm³/mol. The zero-order chi connectivity index (χ0) is 26.0. The molecule has 16 heteroatoms. The van der Waals surface area contributed by atoms with Gasteiger partial charge in [-0.2, -0.15) is 26.3 Å². The van der Waals surface area contributed by atoms with E-state index in [4.69, 9.17) is 16.3 Å². The number of hydrogen-bond donors (Lipinski definition) is 2. The van der Waals surface area contributed by atoms with Crippen molar-refractivity contribution in [2.45, 2.75) is 17.2 Å². The lowest BCUT2D eigenvalue weighted by molar-refractivity contribution is -0.138. The molecule has 0 aliphatic rings. The van der Waals surface area contributed by atoms with Crippen molar-refractivity contribution in [3.05, 3.63) is 76.7 Å². The SMILES string of the molecule is O=C(NNS(=O)(=O)c1ccc(Oc2ncc(C(F)(F)F)cc2Cl)cc1)c1ncccc1C(F)(F)F. The number of carbonyl (C=O) groups is 1. The first-order valence-corrected chi connectivity index (χ1v) is 10.9. The summed E-state index contributed by atoms with van der Waals surface area (Å²) in [6.07, 6.45) is -8.15. The second kappa shape index (κ2) is 9.67. The number of hydrogen-bond acceptors (Lipinski definition) is 6. The van der Waals surface area contributed by atoms with E-state index in [1.807, 2.05) is 0 Å². The van der Waals surface area contributed by atoms with Gasteiger partial charge < -0.3 is 4.74 Å². The van der Waals surface area contributed by atoms with Gasteiger partial charge in [0.05, 0.1) is 16.0 Å². The van der Waals surface area contributed by atoms with Crippen LogP contribution in [0.1, 0.15) is 21.6 Å². The highest BCUT2D eigenvalue weighted by atomic mass is 35.5. The summed E-state index contributed by atoms with van der Waals surface area (Å²) in [5.41, 5.74) is -1.88. The van der Waals surface area contributed by atoms with E-state index in [9.17, 15) is 39.6 Å². The Morgan fingerprint density at radius 2 is 1.63 bits per heavy atom. The number of alkyl halides is 6. The molecular weight excluding hydrogens is 530 g/mol. The van der Waals surface area contributed by atoms with Gasteiger partial charge in [0, 0.05) is 12.4 Å². The molecule has 8 nitrogen and oxygen atoms in total. The molecule has 35 heavy (non-hydrogen) atoms. The van der Waals surface area contributed by atoms with E-state index in [1.54, 1.807) is 10.3 Å². The maximum absolute atomic E-state index is 13.0. The molecule has 0 saturated heterocycles. The minimum absolute atomic E-state index is 0.0505. The first kappa shape index (κ1) is 26.2. The van der Waals surface area contributed by atoms with E-state index in [0.29, 0.717) is 18.3 Å². The number of ether oxygens (including phenoxy) is 1. The standard InChI is InChI=1S/C19H11ClF6N4O4S/c20-14-8-10(18(21,22)23)9-28-17(14)34-11-3-5-12(6-4-11)35(32,33)30-29-16(31)15-13(19(24,25)26)2-1-7-27-15/h1-9,30H,(H,29,31). The third-order valence-corrected chi connectivity index (χ3v) is 5.64. The number of benzene rings is 1. The van der Waals surface area contributed by atoms with Crippen molar-refractivity contribution in [3.63, 3.8) is 0 Å². The van der Waals surface area contributed by atoms with Gasteiger partial charge in [-0.3, -0.25) is 15.2 Å². The van der Waals surface area contributed by atoms with Gasteiger partial charge in [0.1, 0.15) is 16.5 Å². The third kappa shape index (κ3) is 6.37. The molecule has 0 atom stereocenters. The number of aromatic nitrogens is 2. The van der Waals surface area contributed by atoms with Crippen LogP contribution in [0.3, 0.4) is 0 Å². The lowest BCUT2D eigenvalue weighted by Crippen LogP contribution is -2.42. The molecule has 0 unspecified atom stereocenters. The Kier molecular flexibility index (Phi) is 7.23. The number of hydrazine groups is 1. The van der Waals surface area contributed by atoms with Crippen molar-refractivity contribution in [2.75, 3.05) is 0 Å². The average Bonchev–Trinajstić information content (AvgIpc) is 2.78. The monoisotopic (exact) mass is 540 g/mol. The highest BCUT2D eigenvalue weighted by Gasteiger charge is 2.36. The third-order valence-electron chi connectivity index (χ3n) is 4.11. The highest BCUT2D eigenvalue weighted by Crippen LogP contribution is 2.35. The van der Waals surface area contributed by atoms with E-state index in [-0.39, 0.29) is 11.6 Å². The molecule has 2 N–H and O–H groups in total. The molecule has 0 fully saturated rings. The zero-order valence-corrected chi connectivity index (χ0v) is 18.3. The number of halogens is 7. The van der Waals surface area contributed by atoms with Crippen molar-refractivity contribution < 1.29 is 44.3 Å². The zero-order valence-electron chi connectivity index (χ0n) is 16.8. The van der Waals surface area contributed by atoms with E-state index >= 15 is 0 Å². The lowest BCUT2D eigenvalue weighted by Gasteiger charge is -2.13. The number of sulfonamides is 1. The summed E-state index contributed by atoms with van der Waals surface area (Å²) >= 11 is 5.74. The summed E-state index contributed by atoms with van der Waals surface area (Å²) in [4.78, 5) is 20.1. The molecule has 1 amide bonds. The van der Waals surface area contributed by atoms with Crippen LogP contribution in [0.25, 0.3) is 0 Å². The van der Waals surface area contributed by atoms with Gasteiger partial charge in [-0.1, -0.05) is 11.6 Å². The summed E-state index contributed by atoms with van der Waals surface area (Å²) in [7, 11) is -4.44. The summed E-state index contributed by atoms with van der Waals surface area (Å²) in [6.45, 7) is 0. The Hall–Kier alpha value is -3.43. The molecule has 0 saturated carbocycles. The van der Waals surface area contributed by atoms with Crippen LogP contribution in [0.15, 0.2) is 59.8 Å². The predicted octanol–water partition coefficient (Wildman–Crippen LogP) is 4.58. The Labute approximate surface area is 197 Å². The van der Waals surface area contributed by atoms with Crippen LogP contribution in [-0.2, 0) is 22.4 Å². The Morgan fingerprint density at radius 1 is 0.971 bits per heavy atom. The Morgan fingerprint density at radius 3 is 2.20 bits per heavy atom. The smallest absolute Gasteiger partial charge is 0.418 e. The van der Waals surface area contributed by atoms with Gasteiger partial charge in [0.25, 0.3) is 15.9 Å². The summed E-state index contributed by atoms with van der Waals surface area (Å²) in [6, 6.07) is 6.35. The first-order chi connectivity index (χ1) is 16.2. The van der Waals surface area contributed by atoms with E-state index in [1.165, 1.54) is 0 Å². The lowest BCUT2D eigenvalue weighted by atomic mass is 10.2. The van der Waals surface area contributed by atoms with Crippen molar-refractivity contribution in [1.82, 2.24) is 20.2 Å². The largest absolute Gasteiger partial charge is 0.438 e. The maximum Gasteiger partial charge on any atom is 0.418 e. The van der Waals surface area contributed by atoms with Crippen LogP contribution in [0.4, 0.5) is 26.3 Å². The molecule has 0 aliphatic heterocycles. The van der Waals surface area contributed by atoms with Gasteiger partial charge in [0.2, 0.25) is 5.88 Å². The first-order valence-electron chi connectivity index (χ1n) is 9.03. The minimum atomic E-state index is -4.90. The van der Waals surface area contributed by atoms with Crippen molar-refractivity contribution in [2.24, 2.45) is 0 Å². The molecule has 3 rings (SSSR count). The molecule has 0 spiro atoms. The number of carbonyl (C=O) groups excluding carboxylic acids is 1. The van der Waals surface area contributed by atoms with Crippen LogP contribution in [-0.4, -0.2) is 24.3 Å².